The van der Waals surface area contributed by atoms with Gasteiger partial charge < -0.3 is 4.90 Å². The number of rotatable bonds is 2. The zero-order valence-corrected chi connectivity index (χ0v) is 12.3. The first-order valence-electron chi connectivity index (χ1n) is 6.85. The first-order chi connectivity index (χ1) is 8.88. The molecule has 0 amide bonds. The molecule has 0 unspecified atom stereocenters. The van der Waals surface area contributed by atoms with Crippen molar-refractivity contribution >= 4 is 11.5 Å². The molecule has 1 aliphatic heterocycles. The van der Waals surface area contributed by atoms with Crippen LogP contribution >= 0.6 is 0 Å². The molecule has 0 radical (unpaired) electrons. The Labute approximate surface area is 115 Å². The third-order valence-electron chi connectivity index (χ3n) is 3.70. The van der Waals surface area contributed by atoms with Gasteiger partial charge in [0.1, 0.15) is 5.69 Å². The Balaban J connectivity index is 2.00. The molecule has 104 valence electrons. The van der Waals surface area contributed by atoms with Crippen LogP contribution in [0, 0.1) is 0 Å². The molecule has 1 aliphatic rings. The van der Waals surface area contributed by atoms with Crippen molar-refractivity contribution in [3.63, 3.8) is 0 Å². The molecule has 1 aromatic heterocycles. The second kappa shape index (κ2) is 5.29. The fourth-order valence-electron chi connectivity index (χ4n) is 2.42. The molecule has 1 fully saturated rings. The van der Waals surface area contributed by atoms with Crippen molar-refractivity contribution in [2.45, 2.75) is 33.2 Å². The SMILES string of the molecule is CC(=O)c1ccc(N2CCN(C(C)(C)C)CC2)cn1. The van der Waals surface area contributed by atoms with Crippen molar-refractivity contribution in [3.05, 3.63) is 24.0 Å². The largest absolute Gasteiger partial charge is 0.368 e. The quantitative estimate of drug-likeness (QED) is 0.765. The summed E-state index contributed by atoms with van der Waals surface area (Å²) in [5, 5.41) is 0. The molecule has 0 bridgehead atoms. The number of nitrogens with zero attached hydrogens (tertiary/aromatic N) is 3. The van der Waals surface area contributed by atoms with E-state index in [4.69, 9.17) is 0 Å². The number of ketones is 1. The summed E-state index contributed by atoms with van der Waals surface area (Å²) < 4.78 is 0. The minimum Gasteiger partial charge on any atom is -0.368 e. The summed E-state index contributed by atoms with van der Waals surface area (Å²) in [4.78, 5) is 20.3. The summed E-state index contributed by atoms with van der Waals surface area (Å²) in [7, 11) is 0. The average molecular weight is 261 g/mol. The minimum atomic E-state index is 0.0177. The number of anilines is 1. The zero-order chi connectivity index (χ0) is 14.0. The number of hydrogen-bond acceptors (Lipinski definition) is 4. The van der Waals surface area contributed by atoms with Gasteiger partial charge in [0.15, 0.2) is 5.78 Å². The smallest absolute Gasteiger partial charge is 0.178 e. The predicted molar refractivity (Wildman–Crippen MR) is 77.8 cm³/mol. The van der Waals surface area contributed by atoms with E-state index in [0.717, 1.165) is 31.9 Å². The Hall–Kier alpha value is -1.42. The van der Waals surface area contributed by atoms with Gasteiger partial charge in [0, 0.05) is 38.6 Å². The maximum absolute atomic E-state index is 11.2. The fraction of sp³-hybridized carbons (Fsp3) is 0.600. The van der Waals surface area contributed by atoms with Gasteiger partial charge in [-0.05, 0) is 32.9 Å². The third kappa shape index (κ3) is 3.32. The molecule has 0 spiro atoms. The number of pyridine rings is 1. The van der Waals surface area contributed by atoms with E-state index in [1.54, 1.807) is 6.92 Å². The van der Waals surface area contributed by atoms with Gasteiger partial charge in [0.05, 0.1) is 11.9 Å². The lowest BCUT2D eigenvalue weighted by Gasteiger charge is -2.42. The summed E-state index contributed by atoms with van der Waals surface area (Å²) in [6, 6.07) is 3.81. The lowest BCUT2D eigenvalue weighted by Crippen LogP contribution is -2.53. The summed E-state index contributed by atoms with van der Waals surface area (Å²) in [5.41, 5.74) is 1.89. The van der Waals surface area contributed by atoms with Gasteiger partial charge in [-0.25, -0.2) is 0 Å². The maximum atomic E-state index is 11.2. The van der Waals surface area contributed by atoms with Gasteiger partial charge in [-0.1, -0.05) is 0 Å². The number of piperazine rings is 1. The highest BCUT2D eigenvalue weighted by atomic mass is 16.1. The lowest BCUT2D eigenvalue weighted by molar-refractivity contribution is 0.101. The second-order valence-corrected chi connectivity index (χ2v) is 6.10. The van der Waals surface area contributed by atoms with Crippen LogP contribution in [0.15, 0.2) is 18.3 Å². The van der Waals surface area contributed by atoms with Gasteiger partial charge in [0.25, 0.3) is 0 Å². The van der Waals surface area contributed by atoms with Crippen molar-refractivity contribution in [3.8, 4) is 0 Å². The van der Waals surface area contributed by atoms with E-state index in [1.165, 1.54) is 0 Å². The van der Waals surface area contributed by atoms with Crippen LogP contribution in [0.2, 0.25) is 0 Å². The number of carbonyl (C=O) groups excluding carboxylic acids is 1. The Kier molecular flexibility index (Phi) is 3.90. The molecule has 0 aromatic carbocycles. The molecule has 0 atom stereocenters. The molecule has 1 aromatic rings. The number of hydrogen-bond donors (Lipinski definition) is 0. The van der Waals surface area contributed by atoms with Gasteiger partial charge in [-0.3, -0.25) is 14.7 Å². The molecule has 1 saturated heterocycles. The second-order valence-electron chi connectivity index (χ2n) is 6.10. The van der Waals surface area contributed by atoms with Crippen LogP contribution in [0.25, 0.3) is 0 Å². The molecule has 4 heteroatoms. The van der Waals surface area contributed by atoms with E-state index in [0.29, 0.717) is 5.69 Å². The summed E-state index contributed by atoms with van der Waals surface area (Å²) in [6.07, 6.45) is 1.81. The monoisotopic (exact) mass is 261 g/mol. The van der Waals surface area contributed by atoms with E-state index >= 15 is 0 Å². The van der Waals surface area contributed by atoms with Crippen molar-refractivity contribution in [2.24, 2.45) is 0 Å². The van der Waals surface area contributed by atoms with E-state index in [9.17, 15) is 4.79 Å². The molecule has 0 N–H and O–H groups in total. The Morgan fingerprint density at radius 2 is 1.79 bits per heavy atom. The van der Waals surface area contributed by atoms with Crippen LogP contribution in [0.3, 0.4) is 0 Å². The highest BCUT2D eigenvalue weighted by Crippen LogP contribution is 2.20. The van der Waals surface area contributed by atoms with E-state index in [1.807, 2.05) is 18.3 Å². The average Bonchev–Trinajstić information content (AvgIpc) is 2.38. The minimum absolute atomic E-state index is 0.0177. The van der Waals surface area contributed by atoms with Crippen LogP contribution in [-0.4, -0.2) is 47.4 Å². The van der Waals surface area contributed by atoms with E-state index < -0.39 is 0 Å². The van der Waals surface area contributed by atoms with Gasteiger partial charge >= 0.3 is 0 Å². The third-order valence-corrected chi connectivity index (χ3v) is 3.70. The molecule has 19 heavy (non-hydrogen) atoms. The highest BCUT2D eigenvalue weighted by Gasteiger charge is 2.25. The van der Waals surface area contributed by atoms with E-state index in [2.05, 4.69) is 35.6 Å². The number of carbonyl (C=O) groups is 1. The van der Waals surface area contributed by atoms with Crippen LogP contribution in [0.1, 0.15) is 38.2 Å². The lowest BCUT2D eigenvalue weighted by atomic mass is 10.0. The first kappa shape index (κ1) is 14.0. The van der Waals surface area contributed by atoms with Crippen LogP contribution in [0.5, 0.6) is 0 Å². The summed E-state index contributed by atoms with van der Waals surface area (Å²) in [6.45, 7) is 12.5. The molecular weight excluding hydrogens is 238 g/mol. The fourth-order valence-corrected chi connectivity index (χ4v) is 2.42. The number of Topliss-reactive ketones (excluding diaryl/α,β-unsaturated/α-hetero) is 1. The number of aromatic nitrogens is 1. The highest BCUT2D eigenvalue weighted by molar-refractivity contribution is 5.92. The van der Waals surface area contributed by atoms with Gasteiger partial charge in [-0.2, -0.15) is 0 Å². The van der Waals surface area contributed by atoms with Crippen LogP contribution in [0.4, 0.5) is 5.69 Å². The van der Waals surface area contributed by atoms with Gasteiger partial charge in [0.2, 0.25) is 0 Å². The van der Waals surface area contributed by atoms with Crippen LogP contribution in [-0.2, 0) is 0 Å². The summed E-state index contributed by atoms with van der Waals surface area (Å²) >= 11 is 0. The molecule has 0 aliphatic carbocycles. The Bertz CT molecular complexity index is 439. The van der Waals surface area contributed by atoms with E-state index in [-0.39, 0.29) is 11.3 Å². The molecule has 2 heterocycles. The normalized spacial score (nSPS) is 17.6. The summed E-state index contributed by atoms with van der Waals surface area (Å²) in [5.74, 6) is 0.0177. The molecular formula is C15H23N3O. The maximum Gasteiger partial charge on any atom is 0.178 e. The van der Waals surface area contributed by atoms with Gasteiger partial charge in [-0.15, -0.1) is 0 Å². The Morgan fingerprint density at radius 1 is 1.16 bits per heavy atom. The molecule has 0 saturated carbocycles. The standard InChI is InChI=1S/C15H23N3O/c1-12(19)14-6-5-13(11-16-14)17-7-9-18(10-8-17)15(2,3)4/h5-6,11H,7-10H2,1-4H3. The van der Waals surface area contributed by atoms with Crippen molar-refractivity contribution in [1.29, 1.82) is 0 Å². The van der Waals surface area contributed by atoms with Crippen LogP contribution < -0.4 is 4.90 Å². The topological polar surface area (TPSA) is 36.4 Å². The molecule has 2 rings (SSSR count). The van der Waals surface area contributed by atoms with Crippen molar-refractivity contribution in [1.82, 2.24) is 9.88 Å². The Morgan fingerprint density at radius 3 is 2.21 bits per heavy atom. The van der Waals surface area contributed by atoms with Crippen molar-refractivity contribution < 1.29 is 4.79 Å². The molecule has 4 nitrogen and oxygen atoms in total. The zero-order valence-electron chi connectivity index (χ0n) is 12.3. The predicted octanol–water partition coefficient (Wildman–Crippen LogP) is 2.20. The first-order valence-corrected chi connectivity index (χ1v) is 6.85. The van der Waals surface area contributed by atoms with Crippen molar-refractivity contribution in [2.75, 3.05) is 31.1 Å².